The first-order chi connectivity index (χ1) is 12.6. The summed E-state index contributed by atoms with van der Waals surface area (Å²) in [6.45, 7) is -0.652. The predicted molar refractivity (Wildman–Crippen MR) is 90.6 cm³/mol. The van der Waals surface area contributed by atoms with E-state index in [4.69, 9.17) is 9.47 Å². The van der Waals surface area contributed by atoms with E-state index in [0.717, 1.165) is 19.4 Å². The number of methoxy groups -OCH3 is 1. The maximum Gasteiger partial charge on any atom is 0.337 e. The van der Waals surface area contributed by atoms with Crippen LogP contribution in [-0.4, -0.2) is 85.5 Å². The second kappa shape index (κ2) is 8.37. The first-order valence-electron chi connectivity index (χ1n) is 7.74. The molecule has 1 fully saturated rings. The van der Waals surface area contributed by atoms with Gasteiger partial charge in [0.05, 0.1) is 31.2 Å². The summed E-state index contributed by atoms with van der Waals surface area (Å²) in [5.41, 5.74) is -0.109. The van der Waals surface area contributed by atoms with Crippen LogP contribution in [0.25, 0.3) is 0 Å². The van der Waals surface area contributed by atoms with Crippen LogP contribution in [0.1, 0.15) is 10.4 Å². The second-order valence-electron chi connectivity index (χ2n) is 5.89. The third-order valence-corrected chi connectivity index (χ3v) is 4.38. The molecule has 5 N–H and O–H groups in total. The Kier molecular flexibility index (Phi) is 6.62. The summed E-state index contributed by atoms with van der Waals surface area (Å²) in [5, 5.41) is 38.8. The van der Waals surface area contributed by atoms with Gasteiger partial charge in [-0.15, -0.1) is 0 Å². The van der Waals surface area contributed by atoms with Crippen LogP contribution in [0.3, 0.4) is 0 Å². The fraction of sp³-hybridized carbons (Fsp3) is 0.533. The van der Waals surface area contributed by atoms with Crippen LogP contribution in [0.4, 0.5) is 5.69 Å². The molecule has 152 valence electrons. The molecule has 0 aromatic heterocycles. The molecule has 0 bridgehead atoms. The fourth-order valence-electron chi connectivity index (χ4n) is 2.45. The Morgan fingerprint density at radius 3 is 2.44 bits per heavy atom. The molecule has 0 radical (unpaired) electrons. The van der Waals surface area contributed by atoms with Gasteiger partial charge in [-0.3, -0.25) is 4.72 Å². The van der Waals surface area contributed by atoms with Gasteiger partial charge < -0.3 is 34.6 Å². The van der Waals surface area contributed by atoms with Crippen LogP contribution in [0, 0.1) is 0 Å². The topological polar surface area (TPSA) is 172 Å². The Balaban J connectivity index is 2.34. The highest BCUT2D eigenvalue weighted by Crippen LogP contribution is 2.31. The number of aliphatic hydroxyl groups is 4. The van der Waals surface area contributed by atoms with Crippen molar-refractivity contribution in [3.8, 4) is 5.75 Å². The lowest BCUT2D eigenvalue weighted by atomic mass is 9.99. The summed E-state index contributed by atoms with van der Waals surface area (Å²) in [6.07, 6.45) is -6.76. The lowest BCUT2D eigenvalue weighted by molar-refractivity contribution is -0.277. The summed E-state index contributed by atoms with van der Waals surface area (Å²) in [5.74, 6) is -0.844. The summed E-state index contributed by atoms with van der Waals surface area (Å²) in [7, 11) is -2.60. The minimum atomic E-state index is -3.75. The van der Waals surface area contributed by atoms with Gasteiger partial charge in [-0.2, -0.15) is 0 Å². The zero-order valence-corrected chi connectivity index (χ0v) is 15.3. The number of esters is 1. The molecule has 0 aliphatic carbocycles. The molecule has 1 saturated heterocycles. The van der Waals surface area contributed by atoms with Crippen molar-refractivity contribution in [2.75, 3.05) is 24.7 Å². The van der Waals surface area contributed by atoms with Crippen LogP contribution in [-0.2, 0) is 19.5 Å². The average Bonchev–Trinajstić information content (AvgIpc) is 2.61. The minimum absolute atomic E-state index is 0.0322. The maximum atomic E-state index is 11.7. The molecule has 27 heavy (non-hydrogen) atoms. The van der Waals surface area contributed by atoms with Gasteiger partial charge in [0.15, 0.2) is 0 Å². The lowest BCUT2D eigenvalue weighted by Gasteiger charge is -2.39. The number of nitrogens with one attached hydrogen (secondary N) is 1. The summed E-state index contributed by atoms with van der Waals surface area (Å²) in [4.78, 5) is 11.7. The van der Waals surface area contributed by atoms with E-state index in [1.807, 2.05) is 0 Å². The number of anilines is 1. The molecule has 2 rings (SSSR count). The molecule has 0 spiro atoms. The molecule has 1 aliphatic rings. The molecule has 0 unspecified atom stereocenters. The molecule has 1 aromatic carbocycles. The molecular weight excluding hydrogens is 386 g/mol. The molecule has 0 saturated carbocycles. The Morgan fingerprint density at radius 1 is 1.22 bits per heavy atom. The van der Waals surface area contributed by atoms with Gasteiger partial charge in [-0.25, -0.2) is 13.2 Å². The third-order valence-electron chi connectivity index (χ3n) is 3.79. The van der Waals surface area contributed by atoms with Crippen molar-refractivity contribution in [3.63, 3.8) is 0 Å². The van der Waals surface area contributed by atoms with Crippen molar-refractivity contribution in [2.24, 2.45) is 0 Å². The standard InChI is InChI=1S/C15H21NO10S/c1-24-14(21)7-3-4-9(8(5-7)16-27(2,22)23)25-15-13(20)12(19)11(18)10(6-17)26-15/h3-5,10-13,15-20H,6H2,1-2H3/t10-,11+,12+,13-,15-/m1/s1. The Bertz CT molecular complexity index is 781. The van der Waals surface area contributed by atoms with Gasteiger partial charge in [0.2, 0.25) is 16.3 Å². The van der Waals surface area contributed by atoms with E-state index < -0.39 is 53.3 Å². The summed E-state index contributed by atoms with van der Waals surface area (Å²) in [6, 6.07) is 3.69. The van der Waals surface area contributed by atoms with Crippen LogP contribution < -0.4 is 9.46 Å². The van der Waals surface area contributed by atoms with Crippen molar-refractivity contribution in [3.05, 3.63) is 23.8 Å². The first-order valence-corrected chi connectivity index (χ1v) is 9.64. The molecule has 1 aromatic rings. The summed E-state index contributed by atoms with van der Waals surface area (Å²) >= 11 is 0. The number of rotatable bonds is 6. The van der Waals surface area contributed by atoms with Crippen LogP contribution in [0.2, 0.25) is 0 Å². The monoisotopic (exact) mass is 407 g/mol. The van der Waals surface area contributed by atoms with Crippen LogP contribution >= 0.6 is 0 Å². The second-order valence-corrected chi connectivity index (χ2v) is 7.64. The number of ether oxygens (including phenoxy) is 3. The molecule has 11 nitrogen and oxygen atoms in total. The predicted octanol–water partition coefficient (Wildman–Crippen LogP) is -1.98. The van der Waals surface area contributed by atoms with E-state index in [0.29, 0.717) is 0 Å². The number of carbonyl (C=O) groups is 1. The van der Waals surface area contributed by atoms with E-state index >= 15 is 0 Å². The van der Waals surface area contributed by atoms with Crippen molar-refractivity contribution in [2.45, 2.75) is 30.7 Å². The highest BCUT2D eigenvalue weighted by Gasteiger charge is 2.44. The van der Waals surface area contributed by atoms with E-state index in [1.165, 1.54) is 12.1 Å². The molecule has 1 heterocycles. The van der Waals surface area contributed by atoms with Crippen molar-refractivity contribution in [1.29, 1.82) is 0 Å². The molecular formula is C15H21NO10S. The molecule has 1 aliphatic heterocycles. The van der Waals surface area contributed by atoms with Crippen molar-refractivity contribution in [1.82, 2.24) is 0 Å². The number of aliphatic hydroxyl groups excluding tert-OH is 4. The van der Waals surface area contributed by atoms with Gasteiger partial charge in [0.25, 0.3) is 0 Å². The number of benzene rings is 1. The van der Waals surface area contributed by atoms with E-state index in [9.17, 15) is 33.6 Å². The third kappa shape index (κ3) is 5.06. The van der Waals surface area contributed by atoms with Gasteiger partial charge in [-0.05, 0) is 18.2 Å². The number of hydrogen-bond acceptors (Lipinski definition) is 10. The zero-order chi connectivity index (χ0) is 20.4. The van der Waals surface area contributed by atoms with Crippen molar-refractivity contribution < 1.29 is 47.8 Å². The van der Waals surface area contributed by atoms with Crippen LogP contribution in [0.15, 0.2) is 18.2 Å². The Labute approximate surface area is 155 Å². The smallest absolute Gasteiger partial charge is 0.337 e. The Morgan fingerprint density at radius 2 is 1.89 bits per heavy atom. The molecule has 0 amide bonds. The molecule has 12 heteroatoms. The normalized spacial score (nSPS) is 28.4. The first kappa shape index (κ1) is 21.3. The molecule has 5 atom stereocenters. The number of hydrogen-bond donors (Lipinski definition) is 5. The minimum Gasteiger partial charge on any atom is -0.465 e. The zero-order valence-electron chi connectivity index (χ0n) is 14.5. The SMILES string of the molecule is COC(=O)c1ccc(O[C@@H]2O[C@H](CO)[C@H](O)[C@H](O)[C@H]2O)c(NS(C)(=O)=O)c1. The quantitative estimate of drug-likeness (QED) is 0.333. The van der Waals surface area contributed by atoms with Gasteiger partial charge in [-0.1, -0.05) is 0 Å². The van der Waals surface area contributed by atoms with Crippen LogP contribution in [0.5, 0.6) is 5.75 Å². The largest absolute Gasteiger partial charge is 0.465 e. The van der Waals surface area contributed by atoms with Gasteiger partial charge in [0.1, 0.15) is 30.2 Å². The lowest BCUT2D eigenvalue weighted by Crippen LogP contribution is -2.60. The summed E-state index contributed by atoms with van der Waals surface area (Å²) < 4.78 is 40.5. The van der Waals surface area contributed by atoms with Gasteiger partial charge in [0, 0.05) is 0 Å². The fourth-order valence-corrected chi connectivity index (χ4v) is 3.01. The Hall–Kier alpha value is -1.96. The highest BCUT2D eigenvalue weighted by atomic mass is 32.2. The van der Waals surface area contributed by atoms with E-state index in [2.05, 4.69) is 9.46 Å². The number of carbonyl (C=O) groups excluding carboxylic acids is 1. The van der Waals surface area contributed by atoms with E-state index in [1.54, 1.807) is 0 Å². The van der Waals surface area contributed by atoms with E-state index in [-0.39, 0.29) is 17.0 Å². The number of sulfonamides is 1. The highest BCUT2D eigenvalue weighted by molar-refractivity contribution is 7.92. The average molecular weight is 407 g/mol. The maximum absolute atomic E-state index is 11.7. The van der Waals surface area contributed by atoms with Gasteiger partial charge >= 0.3 is 5.97 Å². The van der Waals surface area contributed by atoms with Crippen molar-refractivity contribution >= 4 is 21.7 Å².